The van der Waals surface area contributed by atoms with Crippen molar-refractivity contribution in [2.75, 3.05) is 0 Å². The first-order chi connectivity index (χ1) is 14.8. The molecule has 2 N–H and O–H groups in total. The molecule has 3 nitrogen and oxygen atoms in total. The molecule has 0 saturated carbocycles. The van der Waals surface area contributed by atoms with Gasteiger partial charge in [0, 0.05) is 15.4 Å². The molecule has 0 radical (unpaired) electrons. The van der Waals surface area contributed by atoms with Crippen LogP contribution in [0.5, 0.6) is 0 Å². The molecular weight excluding hydrogens is 477 g/mol. The second kappa shape index (κ2) is 10.8. The number of rotatable bonds is 3. The van der Waals surface area contributed by atoms with Gasteiger partial charge >= 0.3 is 5.97 Å². The Morgan fingerprint density at radius 1 is 1.06 bits per heavy atom. The summed E-state index contributed by atoms with van der Waals surface area (Å²) in [5.41, 5.74) is 3.20. The first-order valence-electron chi connectivity index (χ1n) is 9.79. The lowest BCUT2D eigenvalue weighted by Crippen LogP contribution is -2.33. The number of hydrogen-bond donors (Lipinski definition) is 3. The normalized spacial score (nSPS) is 17.9. The van der Waals surface area contributed by atoms with Gasteiger partial charge in [0.05, 0.1) is 11.6 Å². The monoisotopic (exact) mass is 499 g/mol. The number of carboxylic acid groups (broad SMARTS) is 1. The Labute approximate surface area is 195 Å². The zero-order chi connectivity index (χ0) is 22.4. The lowest BCUT2D eigenvalue weighted by Gasteiger charge is -2.31. The molecule has 6 heteroatoms. The minimum atomic E-state index is -0.987. The summed E-state index contributed by atoms with van der Waals surface area (Å²) < 4.78 is 14.5. The number of halogens is 2. The van der Waals surface area contributed by atoms with Gasteiger partial charge in [-0.05, 0) is 60.9 Å². The van der Waals surface area contributed by atoms with E-state index >= 15 is 0 Å². The fraction of sp³-hybridized carbons (Fsp3) is 0.160. The molecule has 0 fully saturated rings. The minimum Gasteiger partial charge on any atom is -0.478 e. The first kappa shape index (κ1) is 23.3. The number of aryl methyl sites for hydroxylation is 1. The van der Waals surface area contributed by atoms with E-state index in [1.54, 1.807) is 18.2 Å². The summed E-state index contributed by atoms with van der Waals surface area (Å²) in [6, 6.07) is 21.4. The van der Waals surface area contributed by atoms with E-state index in [0.29, 0.717) is 12.0 Å². The van der Waals surface area contributed by atoms with Gasteiger partial charge in [-0.2, -0.15) is 0 Å². The van der Waals surface area contributed by atoms with Gasteiger partial charge < -0.3 is 5.11 Å². The van der Waals surface area contributed by atoms with Crippen LogP contribution in [0.2, 0.25) is 0 Å². The highest BCUT2D eigenvalue weighted by Gasteiger charge is 2.29. The summed E-state index contributed by atoms with van der Waals surface area (Å²) >= 11 is 7.58. The van der Waals surface area contributed by atoms with E-state index < -0.39 is 12.0 Å². The van der Waals surface area contributed by atoms with Crippen LogP contribution in [0.25, 0.3) is 0 Å². The second-order valence-electron chi connectivity index (χ2n) is 7.30. The van der Waals surface area contributed by atoms with Gasteiger partial charge in [-0.25, -0.2) is 9.18 Å². The molecule has 2 unspecified atom stereocenters. The van der Waals surface area contributed by atoms with Crippen molar-refractivity contribution in [1.82, 2.24) is 5.32 Å². The summed E-state index contributed by atoms with van der Waals surface area (Å²) in [4.78, 5) is 12.5. The van der Waals surface area contributed by atoms with Crippen molar-refractivity contribution in [2.45, 2.75) is 30.3 Å². The van der Waals surface area contributed by atoms with E-state index in [0.717, 1.165) is 14.9 Å². The maximum absolute atomic E-state index is 13.5. The maximum atomic E-state index is 13.5. The molecule has 3 aromatic rings. The zero-order valence-electron chi connectivity index (χ0n) is 16.9. The standard InChI is InChI=1S/C18H15BrFNO2.C7H8S/c19-13-5-1-3-11(9-13)16-8-7-15(18(22)23)17(21-16)12-4-2-6-14(20)10-12;1-6-2-4-7(8)5-3-6/h1-7,9-10,16-17,21H,8H2,(H,22,23);2-5,8H,1H3. The number of aliphatic carboxylic acids is 1. The van der Waals surface area contributed by atoms with Gasteiger partial charge in [0.2, 0.25) is 0 Å². The first-order valence-corrected chi connectivity index (χ1v) is 11.0. The summed E-state index contributed by atoms with van der Waals surface area (Å²) in [5.74, 6) is -1.36. The van der Waals surface area contributed by atoms with Crippen molar-refractivity contribution in [3.63, 3.8) is 0 Å². The van der Waals surface area contributed by atoms with Gasteiger partial charge in [-0.15, -0.1) is 12.6 Å². The van der Waals surface area contributed by atoms with E-state index in [4.69, 9.17) is 0 Å². The van der Waals surface area contributed by atoms with Crippen LogP contribution in [-0.4, -0.2) is 11.1 Å². The average molecular weight is 500 g/mol. The molecule has 4 rings (SSSR count). The van der Waals surface area contributed by atoms with E-state index in [9.17, 15) is 14.3 Å². The average Bonchev–Trinajstić information content (AvgIpc) is 2.76. The second-order valence-corrected chi connectivity index (χ2v) is 8.73. The van der Waals surface area contributed by atoms with E-state index in [-0.39, 0.29) is 17.4 Å². The highest BCUT2D eigenvalue weighted by Crippen LogP contribution is 2.34. The predicted octanol–water partition coefficient (Wildman–Crippen LogP) is 6.66. The van der Waals surface area contributed by atoms with Gasteiger partial charge in [0.1, 0.15) is 5.82 Å². The molecule has 1 heterocycles. The van der Waals surface area contributed by atoms with Crippen molar-refractivity contribution in [3.8, 4) is 0 Å². The molecule has 0 aromatic heterocycles. The number of nitrogens with one attached hydrogen (secondary N) is 1. The molecule has 2 atom stereocenters. The molecule has 1 aliphatic heterocycles. The Bertz CT molecular complexity index is 1060. The number of carboxylic acids is 1. The van der Waals surface area contributed by atoms with Crippen LogP contribution < -0.4 is 5.32 Å². The quantitative estimate of drug-likeness (QED) is 0.353. The topological polar surface area (TPSA) is 49.3 Å². The Hall–Kier alpha value is -2.41. The third-order valence-corrected chi connectivity index (χ3v) is 5.76. The highest BCUT2D eigenvalue weighted by molar-refractivity contribution is 9.10. The van der Waals surface area contributed by atoms with Gasteiger partial charge in [-0.3, -0.25) is 5.32 Å². The lowest BCUT2D eigenvalue weighted by atomic mass is 9.89. The maximum Gasteiger partial charge on any atom is 0.333 e. The van der Waals surface area contributed by atoms with Crippen molar-refractivity contribution >= 4 is 34.5 Å². The summed E-state index contributed by atoms with van der Waals surface area (Å²) in [7, 11) is 0. The van der Waals surface area contributed by atoms with Crippen LogP contribution >= 0.6 is 28.6 Å². The van der Waals surface area contributed by atoms with Crippen LogP contribution in [0.4, 0.5) is 4.39 Å². The van der Waals surface area contributed by atoms with Crippen LogP contribution in [-0.2, 0) is 4.79 Å². The Balaban J connectivity index is 0.000000287. The molecule has 1 aliphatic rings. The lowest BCUT2D eigenvalue weighted by molar-refractivity contribution is -0.133. The number of carbonyl (C=O) groups is 1. The Morgan fingerprint density at radius 2 is 1.74 bits per heavy atom. The third kappa shape index (κ3) is 6.53. The fourth-order valence-corrected chi connectivity index (χ4v) is 3.96. The smallest absolute Gasteiger partial charge is 0.333 e. The molecule has 160 valence electrons. The summed E-state index contributed by atoms with van der Waals surface area (Å²) in [5, 5.41) is 12.8. The van der Waals surface area contributed by atoms with Crippen molar-refractivity contribution < 1.29 is 14.3 Å². The Kier molecular flexibility index (Phi) is 8.07. The molecule has 0 amide bonds. The summed E-state index contributed by atoms with van der Waals surface area (Å²) in [6.45, 7) is 2.06. The van der Waals surface area contributed by atoms with E-state index in [1.807, 2.05) is 48.5 Å². The zero-order valence-corrected chi connectivity index (χ0v) is 19.4. The van der Waals surface area contributed by atoms with Gasteiger partial charge in [0.15, 0.2) is 0 Å². The fourth-order valence-electron chi connectivity index (χ4n) is 3.39. The summed E-state index contributed by atoms with van der Waals surface area (Å²) in [6.07, 6.45) is 2.30. The van der Waals surface area contributed by atoms with Crippen LogP contribution in [0, 0.1) is 12.7 Å². The third-order valence-electron chi connectivity index (χ3n) is 4.97. The number of benzene rings is 3. The molecule has 0 aliphatic carbocycles. The molecular formula is C25H23BrFNO2S. The highest BCUT2D eigenvalue weighted by atomic mass is 79.9. The SMILES string of the molecule is Cc1ccc(S)cc1.O=C(O)C1=CCC(c2cccc(Br)c2)NC1c1cccc(F)c1. The van der Waals surface area contributed by atoms with Crippen molar-refractivity contribution in [2.24, 2.45) is 0 Å². The molecule has 31 heavy (non-hydrogen) atoms. The predicted molar refractivity (Wildman–Crippen MR) is 128 cm³/mol. The van der Waals surface area contributed by atoms with Crippen molar-refractivity contribution in [3.05, 3.63) is 111 Å². The molecule has 0 spiro atoms. The van der Waals surface area contributed by atoms with Crippen LogP contribution in [0.1, 0.15) is 35.2 Å². The van der Waals surface area contributed by atoms with Gasteiger partial charge in [-0.1, -0.05) is 64.0 Å². The minimum absolute atomic E-state index is 0.0242. The van der Waals surface area contributed by atoms with Gasteiger partial charge in [0.25, 0.3) is 0 Å². The van der Waals surface area contributed by atoms with E-state index in [1.165, 1.54) is 17.7 Å². The Morgan fingerprint density at radius 3 is 2.35 bits per heavy atom. The van der Waals surface area contributed by atoms with E-state index in [2.05, 4.69) is 40.8 Å². The molecule has 0 saturated heterocycles. The van der Waals surface area contributed by atoms with Crippen LogP contribution in [0.3, 0.4) is 0 Å². The van der Waals surface area contributed by atoms with Crippen molar-refractivity contribution in [1.29, 1.82) is 0 Å². The number of hydrogen-bond acceptors (Lipinski definition) is 3. The van der Waals surface area contributed by atoms with Crippen LogP contribution in [0.15, 0.2) is 93.8 Å². The molecule has 3 aromatic carbocycles. The molecule has 0 bridgehead atoms. The largest absolute Gasteiger partial charge is 0.478 e. The number of thiol groups is 1.